The Morgan fingerprint density at radius 2 is 1.62 bits per heavy atom. The van der Waals surface area contributed by atoms with Crippen LogP contribution in [0.3, 0.4) is 0 Å². The molecule has 0 saturated carbocycles. The Labute approximate surface area is 144 Å². The van der Waals surface area contributed by atoms with Crippen LogP contribution in [-0.2, 0) is 16.4 Å². The minimum Gasteiger partial charge on any atom is -0.492 e. The van der Waals surface area contributed by atoms with Gasteiger partial charge >= 0.3 is 0 Å². The van der Waals surface area contributed by atoms with E-state index >= 15 is 0 Å². The quantitative estimate of drug-likeness (QED) is 0.746. The number of rotatable bonds is 8. The molecule has 2 rings (SSSR count). The van der Waals surface area contributed by atoms with E-state index < -0.39 is 10.0 Å². The van der Waals surface area contributed by atoms with E-state index in [1.807, 2.05) is 57.2 Å². The van der Waals surface area contributed by atoms with Gasteiger partial charge in [0.2, 0.25) is 10.0 Å². The van der Waals surface area contributed by atoms with Crippen molar-refractivity contribution < 1.29 is 13.2 Å². The SMILES string of the molecule is Cc1ccc(C)c(OCCNS(=O)(=O)CCc2ccccc2)c1C. The van der Waals surface area contributed by atoms with Crippen molar-refractivity contribution in [2.75, 3.05) is 18.9 Å². The van der Waals surface area contributed by atoms with Gasteiger partial charge in [-0.25, -0.2) is 13.1 Å². The van der Waals surface area contributed by atoms with Crippen molar-refractivity contribution in [1.82, 2.24) is 4.72 Å². The summed E-state index contributed by atoms with van der Waals surface area (Å²) in [7, 11) is -3.29. The number of benzene rings is 2. The van der Waals surface area contributed by atoms with Gasteiger partial charge in [-0.2, -0.15) is 0 Å². The van der Waals surface area contributed by atoms with Gasteiger partial charge in [-0.1, -0.05) is 42.5 Å². The summed E-state index contributed by atoms with van der Waals surface area (Å²) in [4.78, 5) is 0. The number of aryl methyl sites for hydroxylation is 3. The van der Waals surface area contributed by atoms with Crippen molar-refractivity contribution in [3.05, 3.63) is 64.7 Å². The molecule has 0 aliphatic carbocycles. The zero-order chi connectivity index (χ0) is 17.6. The Balaban J connectivity index is 1.80. The number of hydrogen-bond acceptors (Lipinski definition) is 3. The number of nitrogens with one attached hydrogen (secondary N) is 1. The summed E-state index contributed by atoms with van der Waals surface area (Å²) in [5, 5.41) is 0. The second-order valence-electron chi connectivity index (χ2n) is 5.95. The van der Waals surface area contributed by atoms with E-state index in [4.69, 9.17) is 4.74 Å². The molecule has 2 aromatic rings. The van der Waals surface area contributed by atoms with Crippen molar-refractivity contribution in [1.29, 1.82) is 0 Å². The van der Waals surface area contributed by atoms with Gasteiger partial charge in [0.05, 0.1) is 5.75 Å². The van der Waals surface area contributed by atoms with Gasteiger partial charge in [-0.15, -0.1) is 0 Å². The average Bonchev–Trinajstić information content (AvgIpc) is 2.57. The fraction of sp³-hybridized carbons (Fsp3) is 0.368. The standard InChI is InChI=1S/C19H25NO3S/c1-15-9-10-16(2)19(17(15)3)23-13-12-20-24(21,22)14-11-18-7-5-4-6-8-18/h4-10,20H,11-14H2,1-3H3. The van der Waals surface area contributed by atoms with Gasteiger partial charge < -0.3 is 4.74 Å². The van der Waals surface area contributed by atoms with Crippen LogP contribution in [0, 0.1) is 20.8 Å². The zero-order valence-electron chi connectivity index (χ0n) is 14.5. The fourth-order valence-corrected chi connectivity index (χ4v) is 3.51. The number of hydrogen-bond donors (Lipinski definition) is 1. The summed E-state index contributed by atoms with van der Waals surface area (Å²) in [6.45, 7) is 6.63. The van der Waals surface area contributed by atoms with Crippen molar-refractivity contribution in [3.8, 4) is 5.75 Å². The summed E-state index contributed by atoms with van der Waals surface area (Å²) in [6.07, 6.45) is 0.507. The molecule has 0 atom stereocenters. The average molecular weight is 347 g/mol. The Morgan fingerprint density at radius 3 is 2.33 bits per heavy atom. The Hall–Kier alpha value is -1.85. The Kier molecular flexibility index (Phi) is 6.40. The highest BCUT2D eigenvalue weighted by Gasteiger charge is 2.11. The molecule has 0 fully saturated rings. The minimum absolute atomic E-state index is 0.0829. The largest absolute Gasteiger partial charge is 0.492 e. The van der Waals surface area contributed by atoms with Gasteiger partial charge in [-0.3, -0.25) is 0 Å². The van der Waals surface area contributed by atoms with Crippen molar-refractivity contribution in [2.24, 2.45) is 0 Å². The summed E-state index contributed by atoms with van der Waals surface area (Å²) in [5.41, 5.74) is 4.34. The first kappa shape index (κ1) is 18.5. The molecule has 0 amide bonds. The van der Waals surface area contributed by atoms with Crippen molar-refractivity contribution in [2.45, 2.75) is 27.2 Å². The lowest BCUT2D eigenvalue weighted by atomic mass is 10.1. The molecule has 2 aromatic carbocycles. The predicted molar refractivity (Wildman–Crippen MR) is 98.1 cm³/mol. The van der Waals surface area contributed by atoms with Crippen LogP contribution in [0.25, 0.3) is 0 Å². The van der Waals surface area contributed by atoms with Gasteiger partial charge in [0.25, 0.3) is 0 Å². The highest BCUT2D eigenvalue weighted by atomic mass is 32.2. The molecule has 0 heterocycles. The smallest absolute Gasteiger partial charge is 0.212 e. The van der Waals surface area contributed by atoms with Gasteiger partial charge in [0, 0.05) is 6.54 Å². The monoisotopic (exact) mass is 347 g/mol. The lowest BCUT2D eigenvalue weighted by Gasteiger charge is -2.14. The first-order valence-corrected chi connectivity index (χ1v) is 9.75. The summed E-state index contributed by atoms with van der Waals surface area (Å²) in [5.74, 6) is 0.929. The molecule has 0 bridgehead atoms. The van der Waals surface area contributed by atoms with E-state index in [-0.39, 0.29) is 12.3 Å². The van der Waals surface area contributed by atoms with Crippen molar-refractivity contribution in [3.63, 3.8) is 0 Å². The van der Waals surface area contributed by atoms with Crippen LogP contribution in [0.1, 0.15) is 22.3 Å². The summed E-state index contributed by atoms with van der Waals surface area (Å²) in [6, 6.07) is 13.7. The molecular formula is C19H25NO3S. The molecule has 0 saturated heterocycles. The van der Waals surface area contributed by atoms with E-state index in [1.54, 1.807) is 0 Å². The molecule has 0 aromatic heterocycles. The van der Waals surface area contributed by atoms with Crippen LogP contribution in [0.2, 0.25) is 0 Å². The second kappa shape index (κ2) is 8.31. The molecule has 0 aliphatic rings. The first-order chi connectivity index (χ1) is 11.4. The fourth-order valence-electron chi connectivity index (χ4n) is 2.47. The molecule has 0 aliphatic heterocycles. The van der Waals surface area contributed by atoms with Gasteiger partial charge in [0.15, 0.2) is 0 Å². The Bertz CT molecular complexity index is 771. The van der Waals surface area contributed by atoms with E-state index in [0.717, 1.165) is 22.4 Å². The molecule has 24 heavy (non-hydrogen) atoms. The van der Waals surface area contributed by atoms with Crippen molar-refractivity contribution >= 4 is 10.0 Å². The molecule has 0 radical (unpaired) electrons. The Morgan fingerprint density at radius 1 is 0.958 bits per heavy atom. The predicted octanol–water partition coefficient (Wildman–Crippen LogP) is 3.15. The topological polar surface area (TPSA) is 55.4 Å². The maximum absolute atomic E-state index is 12.0. The van der Waals surface area contributed by atoms with Crippen LogP contribution in [0.5, 0.6) is 5.75 Å². The number of ether oxygens (including phenoxy) is 1. The second-order valence-corrected chi connectivity index (χ2v) is 7.88. The highest BCUT2D eigenvalue weighted by molar-refractivity contribution is 7.89. The molecule has 0 unspecified atom stereocenters. The van der Waals surface area contributed by atoms with E-state index in [0.29, 0.717) is 13.0 Å². The van der Waals surface area contributed by atoms with Crippen LogP contribution >= 0.6 is 0 Å². The lowest BCUT2D eigenvalue weighted by molar-refractivity contribution is 0.318. The third-order valence-electron chi connectivity index (χ3n) is 4.05. The molecule has 130 valence electrons. The van der Waals surface area contributed by atoms with Crippen LogP contribution in [-0.4, -0.2) is 27.3 Å². The number of sulfonamides is 1. The van der Waals surface area contributed by atoms with Crippen LogP contribution < -0.4 is 9.46 Å². The van der Waals surface area contributed by atoms with E-state index in [9.17, 15) is 8.42 Å². The maximum atomic E-state index is 12.0. The molecule has 5 heteroatoms. The molecule has 4 nitrogen and oxygen atoms in total. The summed E-state index contributed by atoms with van der Waals surface area (Å²) >= 11 is 0. The minimum atomic E-state index is -3.29. The van der Waals surface area contributed by atoms with E-state index in [2.05, 4.69) is 10.8 Å². The molecule has 0 spiro atoms. The summed E-state index contributed by atoms with van der Waals surface area (Å²) < 4.78 is 32.5. The lowest BCUT2D eigenvalue weighted by Crippen LogP contribution is -2.31. The van der Waals surface area contributed by atoms with Gasteiger partial charge in [-0.05, 0) is 49.4 Å². The third kappa shape index (κ3) is 5.35. The van der Waals surface area contributed by atoms with Gasteiger partial charge in [0.1, 0.15) is 12.4 Å². The van der Waals surface area contributed by atoms with E-state index in [1.165, 1.54) is 5.56 Å². The molecular weight excluding hydrogens is 322 g/mol. The van der Waals surface area contributed by atoms with Crippen LogP contribution in [0.15, 0.2) is 42.5 Å². The maximum Gasteiger partial charge on any atom is 0.212 e. The first-order valence-electron chi connectivity index (χ1n) is 8.10. The highest BCUT2D eigenvalue weighted by Crippen LogP contribution is 2.25. The normalized spacial score (nSPS) is 11.5. The molecule has 1 N–H and O–H groups in total. The zero-order valence-corrected chi connectivity index (χ0v) is 15.3. The van der Waals surface area contributed by atoms with Crippen LogP contribution in [0.4, 0.5) is 0 Å². The third-order valence-corrected chi connectivity index (χ3v) is 5.43.